The highest BCUT2D eigenvalue weighted by Crippen LogP contribution is 2.25. The molecule has 112 valence electrons. The third-order valence-electron chi connectivity index (χ3n) is 3.06. The topological polar surface area (TPSA) is 21.3 Å². The predicted octanol–water partition coefficient (Wildman–Crippen LogP) is 4.68. The minimum absolute atomic E-state index is 0.184. The van der Waals surface area contributed by atoms with Crippen LogP contribution in [0.2, 0.25) is 0 Å². The molecule has 2 aromatic rings. The van der Waals surface area contributed by atoms with E-state index in [1.165, 1.54) is 18.2 Å². The van der Waals surface area contributed by atoms with Crippen LogP contribution >= 0.6 is 0 Å². The van der Waals surface area contributed by atoms with Crippen LogP contribution in [0.5, 0.6) is 5.75 Å². The summed E-state index contributed by atoms with van der Waals surface area (Å²) in [5.74, 6) is -2.08. The third-order valence-corrected chi connectivity index (χ3v) is 3.06. The Bertz CT molecular complexity index is 631. The molecule has 0 amide bonds. The molecule has 0 heterocycles. The maximum absolute atomic E-state index is 13.7. The number of ether oxygens (including phenoxy) is 1. The Morgan fingerprint density at radius 3 is 2.38 bits per heavy atom. The first kappa shape index (κ1) is 15.2. The van der Waals surface area contributed by atoms with E-state index in [4.69, 9.17) is 4.74 Å². The van der Waals surface area contributed by atoms with Crippen LogP contribution in [0.15, 0.2) is 36.4 Å². The van der Waals surface area contributed by atoms with E-state index in [-0.39, 0.29) is 11.8 Å². The lowest BCUT2D eigenvalue weighted by Crippen LogP contribution is -2.07. The smallest absolute Gasteiger partial charge is 0.167 e. The van der Waals surface area contributed by atoms with Crippen molar-refractivity contribution in [2.75, 3.05) is 11.9 Å². The second kappa shape index (κ2) is 6.52. The zero-order valence-corrected chi connectivity index (χ0v) is 11.8. The largest absolute Gasteiger partial charge is 0.491 e. The fraction of sp³-hybridized carbons (Fsp3) is 0.250. The molecule has 0 aromatic heterocycles. The fourth-order valence-corrected chi connectivity index (χ4v) is 1.98. The summed E-state index contributed by atoms with van der Waals surface area (Å²) in [7, 11) is 0. The number of benzene rings is 2. The summed E-state index contributed by atoms with van der Waals surface area (Å²) in [5.41, 5.74) is 1.11. The standard InChI is InChI=1S/C16H16F3NO/c1-3-21-16-7-5-12(9-15(16)19)20-10(2)11-4-6-13(17)14(18)8-11/h4-10,20H,3H2,1-2H3. The lowest BCUT2D eigenvalue weighted by molar-refractivity contribution is 0.321. The van der Waals surface area contributed by atoms with Crippen molar-refractivity contribution in [3.8, 4) is 5.75 Å². The Kier molecular flexibility index (Phi) is 4.73. The number of nitrogens with one attached hydrogen (secondary N) is 1. The van der Waals surface area contributed by atoms with Crippen LogP contribution in [0.25, 0.3) is 0 Å². The summed E-state index contributed by atoms with van der Waals surface area (Å²) in [4.78, 5) is 0. The summed E-state index contributed by atoms with van der Waals surface area (Å²) in [5, 5.41) is 3.03. The van der Waals surface area contributed by atoms with E-state index in [2.05, 4.69) is 5.32 Å². The fourth-order valence-electron chi connectivity index (χ4n) is 1.98. The average molecular weight is 295 g/mol. The molecular weight excluding hydrogens is 279 g/mol. The molecular formula is C16H16F3NO. The second-order valence-electron chi connectivity index (χ2n) is 4.62. The molecule has 0 saturated heterocycles. The zero-order valence-electron chi connectivity index (χ0n) is 11.8. The number of halogens is 3. The van der Waals surface area contributed by atoms with E-state index in [0.29, 0.717) is 17.9 Å². The van der Waals surface area contributed by atoms with E-state index in [9.17, 15) is 13.2 Å². The highest BCUT2D eigenvalue weighted by atomic mass is 19.2. The molecule has 1 unspecified atom stereocenters. The summed E-state index contributed by atoms with van der Waals surface area (Å²) < 4.78 is 44.9. The van der Waals surface area contributed by atoms with Crippen LogP contribution in [0, 0.1) is 17.5 Å². The van der Waals surface area contributed by atoms with Crippen molar-refractivity contribution < 1.29 is 17.9 Å². The maximum Gasteiger partial charge on any atom is 0.167 e. The van der Waals surface area contributed by atoms with Gasteiger partial charge in [0.1, 0.15) is 0 Å². The molecule has 0 spiro atoms. The van der Waals surface area contributed by atoms with Crippen molar-refractivity contribution in [2.45, 2.75) is 19.9 Å². The van der Waals surface area contributed by atoms with Gasteiger partial charge in [0.15, 0.2) is 23.2 Å². The van der Waals surface area contributed by atoms with Gasteiger partial charge in [-0.3, -0.25) is 0 Å². The molecule has 0 aliphatic rings. The summed E-state index contributed by atoms with van der Waals surface area (Å²) in [6.07, 6.45) is 0. The summed E-state index contributed by atoms with van der Waals surface area (Å²) in [6, 6.07) is 7.89. The maximum atomic E-state index is 13.7. The Balaban J connectivity index is 2.13. The first-order valence-electron chi connectivity index (χ1n) is 6.65. The van der Waals surface area contributed by atoms with Crippen molar-refractivity contribution >= 4 is 5.69 Å². The first-order valence-corrected chi connectivity index (χ1v) is 6.65. The molecule has 0 bridgehead atoms. The van der Waals surface area contributed by atoms with Gasteiger partial charge in [-0.15, -0.1) is 0 Å². The van der Waals surface area contributed by atoms with Gasteiger partial charge in [-0.05, 0) is 43.7 Å². The molecule has 1 N–H and O–H groups in total. The summed E-state index contributed by atoms with van der Waals surface area (Å²) in [6.45, 7) is 3.94. The van der Waals surface area contributed by atoms with Gasteiger partial charge in [0.25, 0.3) is 0 Å². The Morgan fingerprint density at radius 2 is 1.76 bits per heavy atom. The van der Waals surface area contributed by atoms with E-state index in [1.54, 1.807) is 19.9 Å². The zero-order chi connectivity index (χ0) is 15.4. The van der Waals surface area contributed by atoms with Crippen LogP contribution in [0.3, 0.4) is 0 Å². The lowest BCUT2D eigenvalue weighted by Gasteiger charge is -2.16. The molecule has 0 aliphatic carbocycles. The van der Waals surface area contributed by atoms with Gasteiger partial charge in [-0.25, -0.2) is 13.2 Å². The van der Waals surface area contributed by atoms with Gasteiger partial charge in [0, 0.05) is 17.8 Å². The van der Waals surface area contributed by atoms with E-state index < -0.39 is 17.5 Å². The van der Waals surface area contributed by atoms with Crippen molar-refractivity contribution in [1.29, 1.82) is 0 Å². The normalized spacial score (nSPS) is 12.0. The highest BCUT2D eigenvalue weighted by Gasteiger charge is 2.11. The third kappa shape index (κ3) is 3.68. The van der Waals surface area contributed by atoms with Gasteiger partial charge in [0.2, 0.25) is 0 Å². The molecule has 2 rings (SSSR count). The van der Waals surface area contributed by atoms with Gasteiger partial charge >= 0.3 is 0 Å². The summed E-state index contributed by atoms with van der Waals surface area (Å²) >= 11 is 0. The van der Waals surface area contributed by atoms with Crippen LogP contribution in [0.4, 0.5) is 18.9 Å². The first-order chi connectivity index (χ1) is 10.0. The monoisotopic (exact) mass is 295 g/mol. The van der Waals surface area contributed by atoms with Crippen molar-refractivity contribution in [3.05, 3.63) is 59.4 Å². The minimum Gasteiger partial charge on any atom is -0.491 e. The molecule has 21 heavy (non-hydrogen) atoms. The SMILES string of the molecule is CCOc1ccc(NC(C)c2ccc(F)c(F)c2)cc1F. The van der Waals surface area contributed by atoms with Crippen molar-refractivity contribution in [2.24, 2.45) is 0 Å². The number of anilines is 1. The molecule has 1 atom stereocenters. The second-order valence-corrected chi connectivity index (χ2v) is 4.62. The molecule has 2 aromatic carbocycles. The van der Waals surface area contributed by atoms with E-state index in [0.717, 1.165) is 12.1 Å². The van der Waals surface area contributed by atoms with Gasteiger partial charge in [-0.2, -0.15) is 0 Å². The molecule has 0 saturated carbocycles. The van der Waals surface area contributed by atoms with E-state index >= 15 is 0 Å². The van der Waals surface area contributed by atoms with Gasteiger partial charge in [-0.1, -0.05) is 6.07 Å². The van der Waals surface area contributed by atoms with Gasteiger partial charge in [0.05, 0.1) is 6.61 Å². The Morgan fingerprint density at radius 1 is 1.00 bits per heavy atom. The van der Waals surface area contributed by atoms with Gasteiger partial charge < -0.3 is 10.1 Å². The molecule has 0 fully saturated rings. The predicted molar refractivity (Wildman–Crippen MR) is 76.0 cm³/mol. The number of rotatable bonds is 5. The van der Waals surface area contributed by atoms with Crippen LogP contribution in [-0.2, 0) is 0 Å². The van der Waals surface area contributed by atoms with Crippen LogP contribution in [-0.4, -0.2) is 6.61 Å². The number of hydrogen-bond acceptors (Lipinski definition) is 2. The highest BCUT2D eigenvalue weighted by molar-refractivity contribution is 5.49. The van der Waals surface area contributed by atoms with Crippen LogP contribution in [0.1, 0.15) is 25.5 Å². The lowest BCUT2D eigenvalue weighted by atomic mass is 10.1. The minimum atomic E-state index is -0.904. The molecule has 0 radical (unpaired) electrons. The quantitative estimate of drug-likeness (QED) is 0.865. The van der Waals surface area contributed by atoms with Crippen molar-refractivity contribution in [3.63, 3.8) is 0 Å². The van der Waals surface area contributed by atoms with Crippen LogP contribution < -0.4 is 10.1 Å². The van der Waals surface area contributed by atoms with E-state index in [1.807, 2.05) is 0 Å². The number of hydrogen-bond donors (Lipinski definition) is 1. The molecule has 2 nitrogen and oxygen atoms in total. The average Bonchev–Trinajstić information content (AvgIpc) is 2.45. The van der Waals surface area contributed by atoms with Crippen molar-refractivity contribution in [1.82, 2.24) is 0 Å². The Labute approximate surface area is 121 Å². The molecule has 5 heteroatoms. The molecule has 0 aliphatic heterocycles. The Hall–Kier alpha value is -2.17.